The van der Waals surface area contributed by atoms with Crippen LogP contribution in [0.2, 0.25) is 0 Å². The van der Waals surface area contributed by atoms with Crippen molar-refractivity contribution in [3.63, 3.8) is 0 Å². The van der Waals surface area contributed by atoms with Crippen molar-refractivity contribution in [3.05, 3.63) is 121 Å². The molecule has 7 aromatic rings. The van der Waals surface area contributed by atoms with Gasteiger partial charge in [-0.2, -0.15) is 5.26 Å². The van der Waals surface area contributed by atoms with Crippen LogP contribution in [-0.2, 0) is 0 Å². The molecule has 0 spiro atoms. The summed E-state index contributed by atoms with van der Waals surface area (Å²) in [7, 11) is 0. The van der Waals surface area contributed by atoms with Crippen molar-refractivity contribution in [3.8, 4) is 17.4 Å². The predicted molar refractivity (Wildman–Crippen MR) is 140 cm³/mol. The van der Waals surface area contributed by atoms with Crippen LogP contribution < -0.4 is 0 Å². The Morgan fingerprint density at radius 2 is 1.14 bits per heavy atom. The van der Waals surface area contributed by atoms with Gasteiger partial charge in [-0.1, -0.05) is 66.7 Å². The van der Waals surface area contributed by atoms with Gasteiger partial charge >= 0.3 is 0 Å². The second kappa shape index (κ2) is 7.31. The lowest BCUT2D eigenvalue weighted by Gasteiger charge is -2.15. The van der Waals surface area contributed by atoms with Gasteiger partial charge in [-0.3, -0.25) is 0 Å². The maximum absolute atomic E-state index is 15.1. The van der Waals surface area contributed by atoms with Crippen LogP contribution in [-0.4, -0.2) is 9.13 Å². The van der Waals surface area contributed by atoms with Crippen LogP contribution in [0.15, 0.2) is 109 Å². The Morgan fingerprint density at radius 1 is 0.543 bits per heavy atom. The van der Waals surface area contributed by atoms with Gasteiger partial charge in [-0.05, 0) is 42.5 Å². The smallest absolute Gasteiger partial charge is 0.133 e. The van der Waals surface area contributed by atoms with Gasteiger partial charge in [0, 0.05) is 21.5 Å². The van der Waals surface area contributed by atoms with E-state index in [9.17, 15) is 5.26 Å². The van der Waals surface area contributed by atoms with Crippen molar-refractivity contribution in [1.82, 2.24) is 9.13 Å². The summed E-state index contributed by atoms with van der Waals surface area (Å²) in [6, 6.07) is 37.6. The molecule has 0 atom stereocenters. The van der Waals surface area contributed by atoms with Crippen LogP contribution in [0.5, 0.6) is 0 Å². The number of nitriles is 1. The molecule has 0 unspecified atom stereocenters. The fraction of sp³-hybridized carbons (Fsp3) is 0. The Labute approximate surface area is 200 Å². The molecule has 0 saturated heterocycles. The van der Waals surface area contributed by atoms with Crippen molar-refractivity contribution in [2.45, 2.75) is 0 Å². The molecule has 0 aliphatic carbocycles. The van der Waals surface area contributed by atoms with Gasteiger partial charge in [0.25, 0.3) is 0 Å². The highest BCUT2D eigenvalue weighted by Gasteiger charge is 2.21. The first-order valence-corrected chi connectivity index (χ1v) is 11.5. The Bertz CT molecular complexity index is 1980. The zero-order valence-electron chi connectivity index (χ0n) is 18.6. The van der Waals surface area contributed by atoms with Crippen molar-refractivity contribution in [2.24, 2.45) is 0 Å². The van der Waals surface area contributed by atoms with E-state index in [0.717, 1.165) is 49.6 Å². The maximum Gasteiger partial charge on any atom is 0.133 e. The van der Waals surface area contributed by atoms with Crippen molar-refractivity contribution < 1.29 is 4.39 Å². The van der Waals surface area contributed by atoms with Gasteiger partial charge in [0.15, 0.2) is 0 Å². The van der Waals surface area contributed by atoms with Crippen LogP contribution in [0, 0.1) is 17.1 Å². The van der Waals surface area contributed by atoms with E-state index in [4.69, 9.17) is 0 Å². The number of rotatable bonds is 2. The number of para-hydroxylation sites is 4. The first-order chi connectivity index (χ1) is 17.3. The van der Waals surface area contributed by atoms with Gasteiger partial charge in [-0.15, -0.1) is 0 Å². The zero-order valence-corrected chi connectivity index (χ0v) is 18.6. The molecule has 5 aromatic carbocycles. The summed E-state index contributed by atoms with van der Waals surface area (Å²) in [6.45, 7) is 0. The maximum atomic E-state index is 15.1. The Balaban J connectivity index is 1.74. The van der Waals surface area contributed by atoms with Gasteiger partial charge in [0.2, 0.25) is 0 Å². The van der Waals surface area contributed by atoms with E-state index in [-0.39, 0.29) is 5.82 Å². The SMILES string of the molecule is N#Cc1ccccc1-n1c2ccccc2c2cccc(-n3c4ccccc4c4c(F)cccc43)c21. The summed E-state index contributed by atoms with van der Waals surface area (Å²) in [6.07, 6.45) is 0. The fourth-order valence-corrected chi connectivity index (χ4v) is 5.43. The van der Waals surface area contributed by atoms with E-state index in [1.54, 1.807) is 6.07 Å². The first kappa shape index (κ1) is 19.6. The van der Waals surface area contributed by atoms with E-state index in [1.807, 2.05) is 72.8 Å². The highest BCUT2D eigenvalue weighted by Crippen LogP contribution is 2.40. The minimum absolute atomic E-state index is 0.236. The minimum Gasteiger partial charge on any atom is -0.307 e. The first-order valence-electron chi connectivity index (χ1n) is 11.5. The average Bonchev–Trinajstić information content (AvgIpc) is 3.42. The monoisotopic (exact) mass is 451 g/mol. The van der Waals surface area contributed by atoms with Crippen molar-refractivity contribution in [2.75, 3.05) is 0 Å². The third-order valence-corrected chi connectivity index (χ3v) is 6.83. The molecule has 0 fully saturated rings. The van der Waals surface area contributed by atoms with Crippen molar-refractivity contribution >= 4 is 43.6 Å². The van der Waals surface area contributed by atoms with Crippen LogP contribution in [0.25, 0.3) is 55.0 Å². The number of hydrogen-bond donors (Lipinski definition) is 0. The number of halogens is 1. The molecule has 0 aliphatic heterocycles. The normalized spacial score (nSPS) is 11.5. The highest BCUT2D eigenvalue weighted by atomic mass is 19.1. The average molecular weight is 452 g/mol. The standard InChI is InChI=1S/C31H18FN3/c32-24-13-8-17-28-30(24)23-11-3-6-16-27(23)34(28)29-18-7-12-22-21-10-2-5-15-26(21)35(31(22)29)25-14-4-1-9-20(25)19-33/h1-18H. The number of fused-ring (bicyclic) bond motifs is 6. The lowest BCUT2D eigenvalue weighted by Crippen LogP contribution is -2.02. The molecule has 0 saturated carbocycles. The summed E-state index contributed by atoms with van der Waals surface area (Å²) in [5.74, 6) is -0.236. The third-order valence-electron chi connectivity index (χ3n) is 6.83. The van der Waals surface area contributed by atoms with Crippen LogP contribution in [0.3, 0.4) is 0 Å². The van der Waals surface area contributed by atoms with E-state index >= 15 is 4.39 Å². The van der Waals surface area contributed by atoms with E-state index in [2.05, 4.69) is 39.5 Å². The Morgan fingerprint density at radius 3 is 1.97 bits per heavy atom. The third kappa shape index (κ3) is 2.64. The predicted octanol–water partition coefficient (Wildman–Crippen LogP) is 7.89. The second-order valence-electron chi connectivity index (χ2n) is 8.64. The fourth-order valence-electron chi connectivity index (χ4n) is 5.43. The minimum atomic E-state index is -0.236. The molecule has 3 nitrogen and oxygen atoms in total. The van der Waals surface area contributed by atoms with Crippen LogP contribution in [0.1, 0.15) is 5.56 Å². The largest absolute Gasteiger partial charge is 0.307 e. The van der Waals surface area contributed by atoms with Crippen molar-refractivity contribution in [1.29, 1.82) is 5.26 Å². The summed E-state index contributed by atoms with van der Waals surface area (Å²) in [5.41, 5.74) is 6.09. The molecule has 35 heavy (non-hydrogen) atoms. The van der Waals surface area contributed by atoms with Gasteiger partial charge in [-0.25, -0.2) is 4.39 Å². The number of nitrogens with zero attached hydrogens (tertiary/aromatic N) is 3. The summed E-state index contributed by atoms with van der Waals surface area (Å²) < 4.78 is 19.4. The number of benzene rings is 5. The van der Waals surface area contributed by atoms with Gasteiger partial charge < -0.3 is 9.13 Å². The molecular formula is C31H18FN3. The molecule has 4 heteroatoms. The summed E-state index contributed by atoms with van der Waals surface area (Å²) in [5, 5.41) is 13.6. The number of hydrogen-bond acceptors (Lipinski definition) is 1. The van der Waals surface area contributed by atoms with E-state index in [0.29, 0.717) is 10.9 Å². The van der Waals surface area contributed by atoms with Gasteiger partial charge in [0.1, 0.15) is 11.9 Å². The topological polar surface area (TPSA) is 33.6 Å². The highest BCUT2D eigenvalue weighted by molar-refractivity contribution is 6.15. The molecule has 0 bridgehead atoms. The molecule has 7 rings (SSSR count). The molecule has 2 aromatic heterocycles. The second-order valence-corrected chi connectivity index (χ2v) is 8.64. The molecule has 0 radical (unpaired) electrons. The van der Waals surface area contributed by atoms with E-state index in [1.165, 1.54) is 6.07 Å². The lowest BCUT2D eigenvalue weighted by atomic mass is 10.1. The molecule has 2 heterocycles. The molecule has 0 aliphatic rings. The Kier molecular flexibility index (Phi) is 4.09. The zero-order chi connectivity index (χ0) is 23.5. The molecular weight excluding hydrogens is 433 g/mol. The Hall–Kier alpha value is -4.88. The molecule has 0 N–H and O–H groups in total. The van der Waals surface area contributed by atoms with Crippen LogP contribution >= 0.6 is 0 Å². The summed E-state index contributed by atoms with van der Waals surface area (Å²) >= 11 is 0. The summed E-state index contributed by atoms with van der Waals surface area (Å²) in [4.78, 5) is 0. The van der Waals surface area contributed by atoms with E-state index < -0.39 is 0 Å². The lowest BCUT2D eigenvalue weighted by molar-refractivity contribution is 0.640. The molecule has 0 amide bonds. The van der Waals surface area contributed by atoms with Gasteiger partial charge in [0.05, 0.1) is 39.0 Å². The van der Waals surface area contributed by atoms with Crippen LogP contribution in [0.4, 0.5) is 4.39 Å². The quantitative estimate of drug-likeness (QED) is 0.263. The molecule has 164 valence electrons. The number of aromatic nitrogens is 2.